The van der Waals surface area contributed by atoms with Gasteiger partial charge in [-0.25, -0.2) is 0 Å². The second-order valence-electron chi connectivity index (χ2n) is 20.0. The molecule has 6 heteroatoms. The molecular formula is C61H113NO5. The fourth-order valence-electron chi connectivity index (χ4n) is 8.82. The van der Waals surface area contributed by atoms with E-state index in [4.69, 9.17) is 4.74 Å². The van der Waals surface area contributed by atoms with Crippen LogP contribution < -0.4 is 5.32 Å². The zero-order valence-corrected chi connectivity index (χ0v) is 44.6. The highest BCUT2D eigenvalue weighted by Gasteiger charge is 2.20. The molecule has 0 aliphatic carbocycles. The van der Waals surface area contributed by atoms with Gasteiger partial charge in [0.1, 0.15) is 0 Å². The number of carbonyl (C=O) groups excluding carboxylic acids is 2. The Morgan fingerprint density at radius 2 is 0.746 bits per heavy atom. The summed E-state index contributed by atoms with van der Waals surface area (Å²) in [4.78, 5) is 24.5. The molecule has 67 heavy (non-hydrogen) atoms. The van der Waals surface area contributed by atoms with Gasteiger partial charge in [-0.15, -0.1) is 0 Å². The lowest BCUT2D eigenvalue weighted by molar-refractivity contribution is -0.143. The normalized spacial score (nSPS) is 13.0. The summed E-state index contributed by atoms with van der Waals surface area (Å²) in [5.74, 6) is -0.0540. The third-order valence-electron chi connectivity index (χ3n) is 13.4. The van der Waals surface area contributed by atoms with E-state index in [1.807, 2.05) is 0 Å². The summed E-state index contributed by atoms with van der Waals surface area (Å²) >= 11 is 0. The molecule has 0 aliphatic heterocycles. The minimum Gasteiger partial charge on any atom is -0.466 e. The topological polar surface area (TPSA) is 95.9 Å². The maximum absolute atomic E-state index is 12.4. The van der Waals surface area contributed by atoms with Crippen molar-refractivity contribution in [3.63, 3.8) is 0 Å². The van der Waals surface area contributed by atoms with Crippen LogP contribution in [-0.4, -0.2) is 47.4 Å². The van der Waals surface area contributed by atoms with E-state index in [9.17, 15) is 19.8 Å². The number of allylic oxidation sites excluding steroid dienone is 8. The molecule has 3 N–H and O–H groups in total. The predicted molar refractivity (Wildman–Crippen MR) is 292 cm³/mol. The second kappa shape index (κ2) is 56.4. The number of unbranched alkanes of at least 4 members (excludes halogenated alkanes) is 35. The van der Waals surface area contributed by atoms with Crippen molar-refractivity contribution in [2.24, 2.45) is 0 Å². The van der Waals surface area contributed by atoms with Crippen molar-refractivity contribution in [3.8, 4) is 0 Å². The molecule has 0 fully saturated rings. The summed E-state index contributed by atoms with van der Waals surface area (Å²) in [7, 11) is 0. The molecule has 392 valence electrons. The van der Waals surface area contributed by atoms with Gasteiger partial charge in [0.25, 0.3) is 0 Å². The standard InChI is InChI=1S/C61H113NO5/c1-3-5-7-9-11-13-15-17-27-31-35-39-43-47-51-55-61(66)67-56-52-48-44-40-36-32-29-26-24-22-20-18-19-21-23-25-28-30-34-38-42-46-50-54-60(65)62-58(57-63)59(64)53-49-45-41-37-33-16-14-12-10-8-6-4-2/h11,13,17-18,20-21,23,27,58-59,63-64H,3-10,12,14-16,19,22,24-26,28-57H2,1-2H3,(H,62,65)/b13-11-,20-18-,23-21-,27-17-. The van der Waals surface area contributed by atoms with Crippen LogP contribution in [0.4, 0.5) is 0 Å². The SMILES string of the molecule is CCCCC/C=C\C/C=C\CCCCCCCC(=O)OCCCCCCCCCCC/C=C\C/C=C\CCCCCCCCCC(=O)NC(CO)C(O)CCCCCCCCCCCCCC. The molecule has 0 aromatic rings. The number of hydrogen-bond donors (Lipinski definition) is 3. The molecule has 0 aromatic heterocycles. The number of carbonyl (C=O) groups is 2. The lowest BCUT2D eigenvalue weighted by atomic mass is 10.0. The largest absolute Gasteiger partial charge is 0.466 e. The quantitative estimate of drug-likeness (QED) is 0.0321. The van der Waals surface area contributed by atoms with Crippen LogP contribution in [0.1, 0.15) is 303 Å². The number of nitrogens with one attached hydrogen (secondary N) is 1. The summed E-state index contributed by atoms with van der Waals surface area (Å²) in [6, 6.07) is -0.549. The highest BCUT2D eigenvalue weighted by Crippen LogP contribution is 2.16. The van der Waals surface area contributed by atoms with Gasteiger partial charge in [-0.2, -0.15) is 0 Å². The Bertz CT molecular complexity index is 1130. The second-order valence-corrected chi connectivity index (χ2v) is 20.0. The molecule has 1 amide bonds. The van der Waals surface area contributed by atoms with Crippen molar-refractivity contribution in [1.29, 1.82) is 0 Å². The Morgan fingerprint density at radius 3 is 1.16 bits per heavy atom. The van der Waals surface area contributed by atoms with Crippen molar-refractivity contribution in [3.05, 3.63) is 48.6 Å². The highest BCUT2D eigenvalue weighted by molar-refractivity contribution is 5.76. The molecule has 0 rings (SSSR count). The molecule has 2 atom stereocenters. The maximum Gasteiger partial charge on any atom is 0.305 e. The lowest BCUT2D eigenvalue weighted by Crippen LogP contribution is -2.45. The number of aliphatic hydroxyl groups is 2. The van der Waals surface area contributed by atoms with E-state index < -0.39 is 12.1 Å². The van der Waals surface area contributed by atoms with Crippen molar-refractivity contribution in [2.75, 3.05) is 13.2 Å². The first-order valence-electron chi connectivity index (χ1n) is 29.4. The number of aliphatic hydroxyl groups excluding tert-OH is 2. The van der Waals surface area contributed by atoms with Gasteiger partial charge in [0.2, 0.25) is 5.91 Å². The first kappa shape index (κ1) is 64.8. The van der Waals surface area contributed by atoms with Crippen LogP contribution in [0.5, 0.6) is 0 Å². The van der Waals surface area contributed by atoms with Crippen molar-refractivity contribution < 1.29 is 24.5 Å². The van der Waals surface area contributed by atoms with E-state index in [1.165, 1.54) is 199 Å². The van der Waals surface area contributed by atoms with E-state index in [2.05, 4.69) is 67.8 Å². The minimum atomic E-state index is -0.670. The van der Waals surface area contributed by atoms with Gasteiger partial charge in [0.05, 0.1) is 25.4 Å². The third-order valence-corrected chi connectivity index (χ3v) is 13.4. The molecule has 0 saturated carbocycles. The average Bonchev–Trinajstić information content (AvgIpc) is 3.33. The molecule has 6 nitrogen and oxygen atoms in total. The fourth-order valence-corrected chi connectivity index (χ4v) is 8.82. The molecule has 2 unspecified atom stereocenters. The van der Waals surface area contributed by atoms with E-state index in [0.717, 1.165) is 70.6 Å². The summed E-state index contributed by atoms with van der Waals surface area (Å²) in [6.45, 7) is 4.90. The van der Waals surface area contributed by atoms with E-state index >= 15 is 0 Å². The molecule has 0 aromatic carbocycles. The number of hydrogen-bond acceptors (Lipinski definition) is 5. The van der Waals surface area contributed by atoms with E-state index in [-0.39, 0.29) is 18.5 Å². The molecule has 0 heterocycles. The molecule has 0 aliphatic rings. The Balaban J connectivity index is 3.45. The Kier molecular flexibility index (Phi) is 54.6. The third kappa shape index (κ3) is 53.0. The Morgan fingerprint density at radius 1 is 0.418 bits per heavy atom. The van der Waals surface area contributed by atoms with Crippen LogP contribution in [0.15, 0.2) is 48.6 Å². The van der Waals surface area contributed by atoms with Crippen LogP contribution in [0.3, 0.4) is 0 Å². The van der Waals surface area contributed by atoms with Crippen molar-refractivity contribution >= 4 is 11.9 Å². The Labute approximate surface area is 416 Å². The van der Waals surface area contributed by atoms with E-state index in [0.29, 0.717) is 25.9 Å². The van der Waals surface area contributed by atoms with Gasteiger partial charge in [0.15, 0.2) is 0 Å². The number of esters is 1. The number of amides is 1. The van der Waals surface area contributed by atoms with Gasteiger partial charge in [-0.1, -0.05) is 249 Å². The predicted octanol–water partition coefficient (Wildman–Crippen LogP) is 18.2. The van der Waals surface area contributed by atoms with Gasteiger partial charge in [-0.05, 0) is 89.9 Å². The van der Waals surface area contributed by atoms with Gasteiger partial charge < -0.3 is 20.3 Å². The van der Waals surface area contributed by atoms with Crippen LogP contribution in [0.25, 0.3) is 0 Å². The summed E-state index contributed by atoms with van der Waals surface area (Å²) in [5, 5.41) is 23.2. The monoisotopic (exact) mass is 940 g/mol. The van der Waals surface area contributed by atoms with E-state index in [1.54, 1.807) is 0 Å². The van der Waals surface area contributed by atoms with Crippen LogP contribution in [0, 0.1) is 0 Å². The van der Waals surface area contributed by atoms with Gasteiger partial charge in [-0.3, -0.25) is 9.59 Å². The van der Waals surface area contributed by atoms with Crippen molar-refractivity contribution in [1.82, 2.24) is 5.32 Å². The zero-order valence-electron chi connectivity index (χ0n) is 44.6. The lowest BCUT2D eigenvalue weighted by Gasteiger charge is -2.22. The van der Waals surface area contributed by atoms with Crippen LogP contribution >= 0.6 is 0 Å². The molecule has 0 radical (unpaired) electrons. The summed E-state index contributed by atoms with van der Waals surface area (Å²) in [5.41, 5.74) is 0. The number of rotatable bonds is 54. The smallest absolute Gasteiger partial charge is 0.305 e. The highest BCUT2D eigenvalue weighted by atomic mass is 16.5. The summed E-state index contributed by atoms with van der Waals surface area (Å²) in [6.07, 6.45) is 71.1. The average molecular weight is 941 g/mol. The molecule has 0 saturated heterocycles. The molecular weight excluding hydrogens is 827 g/mol. The first-order chi connectivity index (χ1) is 33.0. The molecule has 0 spiro atoms. The van der Waals surface area contributed by atoms with Gasteiger partial charge in [0, 0.05) is 12.8 Å². The molecule has 0 bridgehead atoms. The Hall–Kier alpha value is -2.18. The van der Waals surface area contributed by atoms with Gasteiger partial charge >= 0.3 is 5.97 Å². The first-order valence-corrected chi connectivity index (χ1v) is 29.4. The fraction of sp³-hybridized carbons (Fsp3) is 0.836. The zero-order chi connectivity index (χ0) is 48.6. The minimum absolute atomic E-state index is 0.00747. The summed E-state index contributed by atoms with van der Waals surface area (Å²) < 4.78 is 5.47. The maximum atomic E-state index is 12.4. The van der Waals surface area contributed by atoms with Crippen LogP contribution in [-0.2, 0) is 14.3 Å². The van der Waals surface area contributed by atoms with Crippen molar-refractivity contribution in [2.45, 2.75) is 315 Å². The number of ether oxygens (including phenoxy) is 1. The van der Waals surface area contributed by atoms with Crippen LogP contribution in [0.2, 0.25) is 0 Å².